The summed E-state index contributed by atoms with van der Waals surface area (Å²) in [5, 5.41) is 0. The van der Waals surface area contributed by atoms with Crippen molar-refractivity contribution < 1.29 is 18.7 Å². The standard InChI is InChI=1S/C16H20FNO3/c17-13-5-3-4-12(10-13)11-15(19)18-7-2-1-6-14(18)16-20-8-9-21-16/h3-5,10,14,16H,1-2,6-9,11H2. The summed E-state index contributed by atoms with van der Waals surface area (Å²) in [5.41, 5.74) is 0.706. The van der Waals surface area contributed by atoms with Crippen LogP contribution >= 0.6 is 0 Å². The summed E-state index contributed by atoms with van der Waals surface area (Å²) in [6.45, 7) is 1.90. The molecule has 2 saturated heterocycles. The van der Waals surface area contributed by atoms with Crippen LogP contribution in [0.25, 0.3) is 0 Å². The summed E-state index contributed by atoms with van der Waals surface area (Å²) < 4.78 is 24.3. The predicted molar refractivity (Wildman–Crippen MR) is 75.1 cm³/mol. The van der Waals surface area contributed by atoms with Gasteiger partial charge in [-0.05, 0) is 37.0 Å². The van der Waals surface area contributed by atoms with E-state index in [1.165, 1.54) is 12.1 Å². The molecule has 1 aromatic carbocycles. The Kier molecular flexibility index (Phi) is 4.51. The zero-order valence-corrected chi connectivity index (χ0v) is 12.0. The van der Waals surface area contributed by atoms with Gasteiger partial charge in [-0.2, -0.15) is 0 Å². The van der Waals surface area contributed by atoms with Gasteiger partial charge in [-0.3, -0.25) is 4.79 Å². The van der Waals surface area contributed by atoms with E-state index in [1.54, 1.807) is 12.1 Å². The molecule has 114 valence electrons. The highest BCUT2D eigenvalue weighted by molar-refractivity contribution is 5.79. The fraction of sp³-hybridized carbons (Fsp3) is 0.562. The minimum Gasteiger partial charge on any atom is -0.348 e. The average Bonchev–Trinajstić information content (AvgIpc) is 3.01. The molecule has 4 nitrogen and oxygen atoms in total. The van der Waals surface area contributed by atoms with Crippen LogP contribution in [0.5, 0.6) is 0 Å². The number of amides is 1. The molecule has 0 saturated carbocycles. The second-order valence-electron chi connectivity index (χ2n) is 5.57. The van der Waals surface area contributed by atoms with Crippen LogP contribution in [-0.4, -0.2) is 42.9 Å². The lowest BCUT2D eigenvalue weighted by molar-refractivity contribution is -0.149. The van der Waals surface area contributed by atoms with Crippen molar-refractivity contribution >= 4 is 5.91 Å². The van der Waals surface area contributed by atoms with Gasteiger partial charge in [0, 0.05) is 6.54 Å². The van der Waals surface area contributed by atoms with Crippen molar-refractivity contribution in [2.45, 2.75) is 38.0 Å². The highest BCUT2D eigenvalue weighted by Gasteiger charge is 2.35. The lowest BCUT2D eigenvalue weighted by Crippen LogP contribution is -2.50. The van der Waals surface area contributed by atoms with Crippen LogP contribution in [0.3, 0.4) is 0 Å². The Balaban J connectivity index is 1.68. The number of carbonyl (C=O) groups is 1. The molecule has 2 fully saturated rings. The third kappa shape index (κ3) is 3.41. The monoisotopic (exact) mass is 293 g/mol. The fourth-order valence-electron chi connectivity index (χ4n) is 3.07. The van der Waals surface area contributed by atoms with Crippen molar-refractivity contribution in [2.75, 3.05) is 19.8 Å². The number of hydrogen-bond acceptors (Lipinski definition) is 3. The summed E-state index contributed by atoms with van der Waals surface area (Å²) in [4.78, 5) is 14.4. The summed E-state index contributed by atoms with van der Waals surface area (Å²) in [7, 11) is 0. The van der Waals surface area contributed by atoms with Gasteiger partial charge >= 0.3 is 0 Å². The molecule has 1 unspecified atom stereocenters. The molecule has 2 aliphatic heterocycles. The second-order valence-corrected chi connectivity index (χ2v) is 5.57. The Morgan fingerprint density at radius 3 is 2.86 bits per heavy atom. The van der Waals surface area contributed by atoms with Crippen LogP contribution in [-0.2, 0) is 20.7 Å². The van der Waals surface area contributed by atoms with E-state index in [9.17, 15) is 9.18 Å². The fourth-order valence-corrected chi connectivity index (χ4v) is 3.07. The zero-order chi connectivity index (χ0) is 14.7. The van der Waals surface area contributed by atoms with E-state index in [4.69, 9.17) is 9.47 Å². The maximum atomic E-state index is 13.2. The van der Waals surface area contributed by atoms with Crippen molar-refractivity contribution in [1.82, 2.24) is 4.90 Å². The topological polar surface area (TPSA) is 38.8 Å². The Hall–Kier alpha value is -1.46. The molecule has 2 aliphatic rings. The number of hydrogen-bond donors (Lipinski definition) is 0. The van der Waals surface area contributed by atoms with E-state index >= 15 is 0 Å². The highest BCUT2D eigenvalue weighted by Crippen LogP contribution is 2.25. The zero-order valence-electron chi connectivity index (χ0n) is 12.0. The quantitative estimate of drug-likeness (QED) is 0.857. The molecule has 3 rings (SSSR count). The molecule has 0 bridgehead atoms. The first-order chi connectivity index (χ1) is 10.2. The highest BCUT2D eigenvalue weighted by atomic mass is 19.1. The first-order valence-electron chi connectivity index (χ1n) is 7.51. The molecule has 0 aromatic heterocycles. The van der Waals surface area contributed by atoms with E-state index in [0.717, 1.165) is 25.8 Å². The van der Waals surface area contributed by atoms with Crippen LogP contribution in [0.2, 0.25) is 0 Å². The van der Waals surface area contributed by atoms with Crippen molar-refractivity contribution in [1.29, 1.82) is 0 Å². The minimum atomic E-state index is -0.307. The average molecular weight is 293 g/mol. The van der Waals surface area contributed by atoms with Crippen LogP contribution in [0, 0.1) is 5.82 Å². The van der Waals surface area contributed by atoms with Gasteiger partial charge in [-0.25, -0.2) is 4.39 Å². The normalized spacial score (nSPS) is 23.5. The summed E-state index contributed by atoms with van der Waals surface area (Å²) in [5.74, 6) is -0.289. The summed E-state index contributed by atoms with van der Waals surface area (Å²) in [6.07, 6.45) is 2.90. The third-order valence-corrected chi connectivity index (χ3v) is 4.08. The van der Waals surface area contributed by atoms with Gasteiger partial charge in [0.2, 0.25) is 5.91 Å². The van der Waals surface area contributed by atoms with E-state index < -0.39 is 0 Å². The maximum Gasteiger partial charge on any atom is 0.227 e. The largest absolute Gasteiger partial charge is 0.348 e. The molecule has 1 atom stereocenters. The van der Waals surface area contributed by atoms with Crippen molar-refractivity contribution in [2.24, 2.45) is 0 Å². The van der Waals surface area contributed by atoms with Crippen LogP contribution in [0.15, 0.2) is 24.3 Å². The Morgan fingerprint density at radius 1 is 1.29 bits per heavy atom. The molecule has 0 spiro atoms. The number of ether oxygens (including phenoxy) is 2. The number of piperidine rings is 1. The second kappa shape index (κ2) is 6.54. The van der Waals surface area contributed by atoms with Gasteiger partial charge in [-0.15, -0.1) is 0 Å². The summed E-state index contributed by atoms with van der Waals surface area (Å²) in [6, 6.07) is 6.21. The molecule has 1 aromatic rings. The predicted octanol–water partition coefficient (Wildman–Crippen LogP) is 2.12. The molecule has 5 heteroatoms. The first kappa shape index (κ1) is 14.5. The van der Waals surface area contributed by atoms with Crippen LogP contribution in [0.1, 0.15) is 24.8 Å². The number of nitrogens with zero attached hydrogens (tertiary/aromatic N) is 1. The SMILES string of the molecule is O=C(Cc1cccc(F)c1)N1CCCCC1C1OCCO1. The molecule has 2 heterocycles. The number of carbonyl (C=O) groups excluding carboxylic acids is 1. The Morgan fingerprint density at radius 2 is 2.10 bits per heavy atom. The molecule has 0 aliphatic carbocycles. The minimum absolute atomic E-state index is 0.0118. The van der Waals surface area contributed by atoms with E-state index in [-0.39, 0.29) is 30.5 Å². The Labute approximate surface area is 123 Å². The van der Waals surface area contributed by atoms with E-state index in [0.29, 0.717) is 18.8 Å². The van der Waals surface area contributed by atoms with Crippen LogP contribution < -0.4 is 0 Å². The lowest BCUT2D eigenvalue weighted by Gasteiger charge is -2.38. The smallest absolute Gasteiger partial charge is 0.227 e. The van der Waals surface area contributed by atoms with Gasteiger partial charge in [0.25, 0.3) is 0 Å². The Bertz CT molecular complexity index is 502. The third-order valence-electron chi connectivity index (χ3n) is 4.08. The van der Waals surface area contributed by atoms with E-state index in [2.05, 4.69) is 0 Å². The van der Waals surface area contributed by atoms with Crippen molar-refractivity contribution in [3.8, 4) is 0 Å². The molecule has 0 N–H and O–H groups in total. The van der Waals surface area contributed by atoms with Gasteiger partial charge in [0.15, 0.2) is 6.29 Å². The van der Waals surface area contributed by atoms with Gasteiger partial charge in [-0.1, -0.05) is 12.1 Å². The maximum absolute atomic E-state index is 13.2. The van der Waals surface area contributed by atoms with Gasteiger partial charge < -0.3 is 14.4 Å². The molecular weight excluding hydrogens is 273 g/mol. The van der Waals surface area contributed by atoms with Gasteiger partial charge in [0.1, 0.15) is 5.82 Å². The lowest BCUT2D eigenvalue weighted by atomic mass is 10.00. The van der Waals surface area contributed by atoms with Crippen LogP contribution in [0.4, 0.5) is 4.39 Å². The number of halogens is 1. The van der Waals surface area contributed by atoms with Crippen molar-refractivity contribution in [3.63, 3.8) is 0 Å². The summed E-state index contributed by atoms with van der Waals surface area (Å²) >= 11 is 0. The number of benzene rings is 1. The molecule has 0 radical (unpaired) electrons. The first-order valence-corrected chi connectivity index (χ1v) is 7.51. The van der Waals surface area contributed by atoms with Crippen molar-refractivity contribution in [3.05, 3.63) is 35.6 Å². The number of rotatable bonds is 3. The number of likely N-dealkylation sites (tertiary alicyclic amines) is 1. The van der Waals surface area contributed by atoms with E-state index in [1.807, 2.05) is 4.90 Å². The molecule has 21 heavy (non-hydrogen) atoms. The molecular formula is C16H20FNO3. The van der Waals surface area contributed by atoms with Gasteiger partial charge in [0.05, 0.1) is 25.7 Å². The molecule has 1 amide bonds.